The molecule has 3 fully saturated rings. The average Bonchev–Trinajstić information content (AvgIpc) is 3.27. The highest BCUT2D eigenvalue weighted by Gasteiger charge is 2.47. The highest BCUT2D eigenvalue weighted by molar-refractivity contribution is 6.29. The molecule has 0 radical (unpaired) electrons. The van der Waals surface area contributed by atoms with Gasteiger partial charge in [-0.2, -0.15) is 0 Å². The Morgan fingerprint density at radius 3 is 2.69 bits per heavy atom. The molecule has 0 aromatic carbocycles. The van der Waals surface area contributed by atoms with Crippen LogP contribution >= 0.6 is 11.6 Å². The van der Waals surface area contributed by atoms with Gasteiger partial charge in [0.2, 0.25) is 0 Å². The number of anilines is 1. The summed E-state index contributed by atoms with van der Waals surface area (Å²) >= 11 is 6.04. The topological polar surface area (TPSA) is 153 Å². The van der Waals surface area contributed by atoms with Crippen molar-refractivity contribution in [2.75, 3.05) is 12.4 Å². The van der Waals surface area contributed by atoms with Gasteiger partial charge in [-0.05, 0) is 37.5 Å². The van der Waals surface area contributed by atoms with Crippen molar-refractivity contribution in [1.82, 2.24) is 30.2 Å². The summed E-state index contributed by atoms with van der Waals surface area (Å²) in [6.45, 7) is 0. The first-order chi connectivity index (χ1) is 16.9. The quantitative estimate of drug-likeness (QED) is 0.309. The smallest absolute Gasteiger partial charge is 0.308 e. The molecule has 0 amide bonds. The second-order valence-electron chi connectivity index (χ2n) is 8.89. The van der Waals surface area contributed by atoms with E-state index in [-0.39, 0.29) is 39.9 Å². The fourth-order valence-corrected chi connectivity index (χ4v) is 5.53. The number of carbonyl (C=O) groups is 1. The van der Waals surface area contributed by atoms with Crippen LogP contribution in [-0.4, -0.2) is 55.3 Å². The van der Waals surface area contributed by atoms with E-state index in [1.807, 2.05) is 0 Å². The van der Waals surface area contributed by atoms with Crippen LogP contribution in [0.25, 0.3) is 28.1 Å². The van der Waals surface area contributed by atoms with E-state index in [0.717, 1.165) is 31.9 Å². The minimum atomic E-state index is -0.886. The van der Waals surface area contributed by atoms with E-state index in [4.69, 9.17) is 17.0 Å². The molecule has 3 aliphatic rings. The number of allylic oxidation sites excluding steroid dienone is 1. The van der Waals surface area contributed by atoms with Crippen molar-refractivity contribution in [3.8, 4) is 11.4 Å². The molecule has 35 heavy (non-hydrogen) atoms. The van der Waals surface area contributed by atoms with Crippen LogP contribution in [0.4, 0.5) is 10.2 Å². The van der Waals surface area contributed by atoms with Gasteiger partial charge in [0.15, 0.2) is 23.1 Å². The minimum Gasteiger partial charge on any atom is -0.481 e. The summed E-state index contributed by atoms with van der Waals surface area (Å²) in [7, 11) is 1.64. The SMILES string of the molecule is CN/C=C(\C=N)c1nc(-c2c[nH]c3ncc(Cl)nc23)nc(NC2C3CCC(CC3)C2C(=O)O)c1F. The second kappa shape index (κ2) is 9.21. The van der Waals surface area contributed by atoms with E-state index >= 15 is 4.39 Å². The number of carboxylic acids is 1. The zero-order chi connectivity index (χ0) is 24.7. The molecule has 2 atom stereocenters. The maximum Gasteiger partial charge on any atom is 0.308 e. The zero-order valence-corrected chi connectivity index (χ0v) is 19.6. The first-order valence-electron chi connectivity index (χ1n) is 11.4. The first kappa shape index (κ1) is 23.2. The Balaban J connectivity index is 1.65. The normalized spacial score (nSPS) is 23.9. The van der Waals surface area contributed by atoms with Crippen molar-refractivity contribution >= 4 is 46.3 Å². The van der Waals surface area contributed by atoms with Gasteiger partial charge in [0.1, 0.15) is 16.4 Å². The van der Waals surface area contributed by atoms with Crippen molar-refractivity contribution in [2.45, 2.75) is 31.7 Å². The van der Waals surface area contributed by atoms with E-state index in [2.05, 4.69) is 35.6 Å². The number of halogens is 2. The molecule has 3 heterocycles. The molecule has 2 bridgehead atoms. The number of aliphatic carboxylic acids is 1. The lowest BCUT2D eigenvalue weighted by Crippen LogP contribution is -2.51. The molecular formula is C23H24ClFN8O2. The number of carboxylic acid groups (broad SMARTS) is 1. The second-order valence-corrected chi connectivity index (χ2v) is 9.28. The molecule has 3 aliphatic carbocycles. The standard InChI is InChI=1S/C23H24ClFN8O2/c1-27-7-12(6-26)18-16(25)21(31-17-11-4-2-10(3-5-11)15(17)23(34)35)33-20(32-18)13-8-28-22-19(13)30-14(24)9-29-22/h6-11,15,17,26-27H,2-5H2,1H3,(H,28,29)(H,34,35)(H,31,32,33)/b12-7+,26-6?. The highest BCUT2D eigenvalue weighted by atomic mass is 35.5. The van der Waals surface area contributed by atoms with Crippen molar-refractivity contribution < 1.29 is 14.3 Å². The Labute approximate surface area is 205 Å². The molecule has 2 unspecified atom stereocenters. The third kappa shape index (κ3) is 4.09. The van der Waals surface area contributed by atoms with Gasteiger partial charge in [-0.15, -0.1) is 0 Å². The summed E-state index contributed by atoms with van der Waals surface area (Å²) in [6.07, 6.45) is 8.96. The number of aromatic amines is 1. The van der Waals surface area contributed by atoms with Gasteiger partial charge >= 0.3 is 5.97 Å². The van der Waals surface area contributed by atoms with Gasteiger partial charge in [-0.1, -0.05) is 11.6 Å². The van der Waals surface area contributed by atoms with Gasteiger partial charge in [0.25, 0.3) is 0 Å². The van der Waals surface area contributed by atoms with E-state index in [1.165, 1.54) is 12.4 Å². The molecule has 3 aromatic rings. The lowest BCUT2D eigenvalue weighted by molar-refractivity contribution is -0.148. The van der Waals surface area contributed by atoms with Crippen LogP contribution in [-0.2, 0) is 4.79 Å². The van der Waals surface area contributed by atoms with Crippen molar-refractivity contribution in [3.05, 3.63) is 35.3 Å². The Morgan fingerprint density at radius 1 is 1.26 bits per heavy atom. The third-order valence-electron chi connectivity index (χ3n) is 6.98. The molecule has 3 saturated carbocycles. The summed E-state index contributed by atoms with van der Waals surface area (Å²) in [4.78, 5) is 32.5. The van der Waals surface area contributed by atoms with E-state index in [0.29, 0.717) is 16.7 Å². The number of nitrogens with one attached hydrogen (secondary N) is 4. The van der Waals surface area contributed by atoms with Crippen LogP contribution in [0.15, 0.2) is 18.6 Å². The average molecular weight is 499 g/mol. The van der Waals surface area contributed by atoms with Crippen LogP contribution in [0.1, 0.15) is 31.4 Å². The zero-order valence-electron chi connectivity index (χ0n) is 18.8. The number of hydrogen-bond acceptors (Lipinski definition) is 8. The fourth-order valence-electron chi connectivity index (χ4n) is 5.40. The lowest BCUT2D eigenvalue weighted by Gasteiger charge is -2.47. The maximum atomic E-state index is 15.8. The number of rotatable bonds is 7. The number of hydrogen-bond donors (Lipinski definition) is 5. The van der Waals surface area contributed by atoms with Crippen LogP contribution in [0, 0.1) is 29.0 Å². The minimum absolute atomic E-state index is 0.0474. The fraction of sp³-hybridized carbons (Fsp3) is 0.391. The van der Waals surface area contributed by atoms with Gasteiger partial charge in [-0.3, -0.25) is 4.79 Å². The highest BCUT2D eigenvalue weighted by Crippen LogP contribution is 2.46. The largest absolute Gasteiger partial charge is 0.481 e. The summed E-state index contributed by atoms with van der Waals surface area (Å²) < 4.78 is 15.8. The first-order valence-corrected chi connectivity index (χ1v) is 11.7. The molecule has 0 saturated heterocycles. The molecule has 12 heteroatoms. The Morgan fingerprint density at radius 2 is 2.00 bits per heavy atom. The number of fused-ring (bicyclic) bond motifs is 4. The summed E-state index contributed by atoms with van der Waals surface area (Å²) in [5, 5.41) is 23.8. The van der Waals surface area contributed by atoms with Crippen LogP contribution in [0.3, 0.4) is 0 Å². The summed E-state index contributed by atoms with van der Waals surface area (Å²) in [5.74, 6) is -2.08. The maximum absolute atomic E-state index is 15.8. The van der Waals surface area contributed by atoms with Gasteiger partial charge in [0, 0.05) is 37.3 Å². The molecule has 6 rings (SSSR count). The van der Waals surface area contributed by atoms with Gasteiger partial charge < -0.3 is 26.1 Å². The van der Waals surface area contributed by atoms with E-state index in [1.54, 1.807) is 13.2 Å². The third-order valence-corrected chi connectivity index (χ3v) is 7.16. The van der Waals surface area contributed by atoms with Crippen molar-refractivity contribution in [3.63, 3.8) is 0 Å². The Bertz CT molecular complexity index is 1330. The van der Waals surface area contributed by atoms with Gasteiger partial charge in [0.05, 0.1) is 17.7 Å². The molecule has 0 aliphatic heterocycles. The van der Waals surface area contributed by atoms with Crippen LogP contribution < -0.4 is 10.6 Å². The molecule has 0 spiro atoms. The van der Waals surface area contributed by atoms with Crippen molar-refractivity contribution in [1.29, 1.82) is 5.41 Å². The van der Waals surface area contributed by atoms with Gasteiger partial charge in [-0.25, -0.2) is 24.3 Å². The molecule has 182 valence electrons. The summed E-state index contributed by atoms with van der Waals surface area (Å²) in [6, 6.07) is -0.459. The summed E-state index contributed by atoms with van der Waals surface area (Å²) in [5.41, 5.74) is 1.42. The lowest BCUT2D eigenvalue weighted by atomic mass is 9.61. The number of nitrogens with zero attached hydrogens (tertiary/aromatic N) is 4. The molecule has 10 nitrogen and oxygen atoms in total. The Kier molecular flexibility index (Phi) is 6.10. The Hall–Kier alpha value is -3.60. The molecular weight excluding hydrogens is 475 g/mol. The predicted octanol–water partition coefficient (Wildman–Crippen LogP) is 3.72. The van der Waals surface area contributed by atoms with Crippen LogP contribution in [0.5, 0.6) is 0 Å². The monoisotopic (exact) mass is 498 g/mol. The van der Waals surface area contributed by atoms with Crippen LogP contribution in [0.2, 0.25) is 5.15 Å². The molecule has 5 N–H and O–H groups in total. The predicted molar refractivity (Wildman–Crippen MR) is 130 cm³/mol. The number of H-pyrrole nitrogens is 1. The van der Waals surface area contributed by atoms with Crippen molar-refractivity contribution in [2.24, 2.45) is 17.8 Å². The number of aromatic nitrogens is 5. The molecule has 3 aromatic heterocycles. The van der Waals surface area contributed by atoms with E-state index in [9.17, 15) is 9.90 Å². The van der Waals surface area contributed by atoms with E-state index < -0.39 is 23.7 Å².